The Kier molecular flexibility index (Phi) is 7.09. The van der Waals surface area contributed by atoms with Crippen LogP contribution in [0, 0.1) is 0 Å². The van der Waals surface area contributed by atoms with Crippen LogP contribution in [0.15, 0.2) is 42.5 Å². The Hall–Kier alpha value is -2.04. The van der Waals surface area contributed by atoms with E-state index in [1.807, 2.05) is 18.2 Å². The second-order valence-electron chi connectivity index (χ2n) is 5.88. The fourth-order valence-corrected chi connectivity index (χ4v) is 2.74. The predicted molar refractivity (Wildman–Crippen MR) is 96.7 cm³/mol. The predicted octanol–water partition coefficient (Wildman–Crippen LogP) is 3.57. The first-order valence-corrected chi connectivity index (χ1v) is 8.18. The molecule has 2 aromatic carbocycles. The molecule has 0 aliphatic rings. The number of hydrogen-bond acceptors (Lipinski definition) is 4. The van der Waals surface area contributed by atoms with Gasteiger partial charge in [0.2, 0.25) is 0 Å². The Morgan fingerprint density at radius 1 is 0.917 bits per heavy atom. The second kappa shape index (κ2) is 9.30. The van der Waals surface area contributed by atoms with Crippen LogP contribution in [0.25, 0.3) is 0 Å². The molecule has 0 radical (unpaired) electrons. The van der Waals surface area contributed by atoms with E-state index in [1.54, 1.807) is 21.3 Å². The maximum Gasteiger partial charge on any atom is 0.160 e. The topological polar surface area (TPSA) is 39.7 Å². The molecular formula is C20H27NO3. The van der Waals surface area contributed by atoms with Crippen LogP contribution in [0.2, 0.25) is 0 Å². The summed E-state index contributed by atoms with van der Waals surface area (Å²) in [5, 5.41) is 3.58. The second-order valence-corrected chi connectivity index (χ2v) is 5.88. The molecule has 24 heavy (non-hydrogen) atoms. The monoisotopic (exact) mass is 329 g/mol. The van der Waals surface area contributed by atoms with E-state index < -0.39 is 0 Å². The molecular weight excluding hydrogens is 302 g/mol. The molecule has 0 amide bonds. The lowest BCUT2D eigenvalue weighted by Crippen LogP contribution is -2.28. The number of rotatable bonds is 9. The van der Waals surface area contributed by atoms with Gasteiger partial charge in [0.25, 0.3) is 0 Å². The molecule has 0 heterocycles. The number of nitrogens with one attached hydrogen (secondary N) is 1. The summed E-state index contributed by atoms with van der Waals surface area (Å²) in [5.41, 5.74) is 3.72. The minimum absolute atomic E-state index is 0.346. The molecule has 0 bridgehead atoms. The third-order valence-corrected chi connectivity index (χ3v) is 4.05. The van der Waals surface area contributed by atoms with Crippen molar-refractivity contribution in [3.8, 4) is 11.5 Å². The Balaban J connectivity index is 1.95. The van der Waals surface area contributed by atoms with E-state index in [4.69, 9.17) is 14.2 Å². The molecule has 2 rings (SSSR count). The van der Waals surface area contributed by atoms with E-state index in [0.717, 1.165) is 24.5 Å². The van der Waals surface area contributed by atoms with Gasteiger partial charge in [-0.15, -0.1) is 0 Å². The van der Waals surface area contributed by atoms with Crippen molar-refractivity contribution in [3.63, 3.8) is 0 Å². The van der Waals surface area contributed by atoms with E-state index >= 15 is 0 Å². The summed E-state index contributed by atoms with van der Waals surface area (Å²) in [6.07, 6.45) is 0.923. The molecule has 0 fully saturated rings. The zero-order chi connectivity index (χ0) is 17.4. The van der Waals surface area contributed by atoms with Gasteiger partial charge in [0, 0.05) is 19.7 Å². The van der Waals surface area contributed by atoms with Gasteiger partial charge in [0.15, 0.2) is 11.5 Å². The van der Waals surface area contributed by atoms with Crippen molar-refractivity contribution in [2.75, 3.05) is 21.3 Å². The maximum absolute atomic E-state index is 5.37. The third-order valence-electron chi connectivity index (χ3n) is 4.05. The summed E-state index contributed by atoms with van der Waals surface area (Å²) in [5.74, 6) is 1.53. The van der Waals surface area contributed by atoms with Crippen LogP contribution >= 0.6 is 0 Å². The first-order chi connectivity index (χ1) is 11.7. The summed E-state index contributed by atoms with van der Waals surface area (Å²) < 4.78 is 15.9. The molecule has 1 atom stereocenters. The lowest BCUT2D eigenvalue weighted by molar-refractivity contribution is 0.184. The van der Waals surface area contributed by atoms with Gasteiger partial charge in [-0.1, -0.05) is 30.3 Å². The van der Waals surface area contributed by atoms with E-state index in [2.05, 4.69) is 36.5 Å². The molecule has 0 spiro atoms. The number of benzene rings is 2. The minimum atomic E-state index is 0.346. The summed E-state index contributed by atoms with van der Waals surface area (Å²) >= 11 is 0. The lowest BCUT2D eigenvalue weighted by atomic mass is 10.0. The van der Waals surface area contributed by atoms with Gasteiger partial charge < -0.3 is 19.5 Å². The average Bonchev–Trinajstić information content (AvgIpc) is 2.61. The van der Waals surface area contributed by atoms with E-state index in [-0.39, 0.29) is 0 Å². The summed E-state index contributed by atoms with van der Waals surface area (Å²) in [4.78, 5) is 0. The van der Waals surface area contributed by atoms with Crippen LogP contribution < -0.4 is 14.8 Å². The highest BCUT2D eigenvalue weighted by atomic mass is 16.5. The van der Waals surface area contributed by atoms with Crippen molar-refractivity contribution >= 4 is 0 Å². The van der Waals surface area contributed by atoms with Crippen molar-refractivity contribution < 1.29 is 14.2 Å². The molecule has 0 saturated heterocycles. The van der Waals surface area contributed by atoms with Crippen LogP contribution in [0.4, 0.5) is 0 Å². The average molecular weight is 329 g/mol. The third kappa shape index (κ3) is 4.98. The van der Waals surface area contributed by atoms with Crippen molar-refractivity contribution in [2.24, 2.45) is 0 Å². The molecule has 2 aromatic rings. The van der Waals surface area contributed by atoms with Crippen LogP contribution in [0.5, 0.6) is 11.5 Å². The molecule has 0 saturated carbocycles. The normalized spacial score (nSPS) is 12.0. The zero-order valence-electron chi connectivity index (χ0n) is 15.0. The van der Waals surface area contributed by atoms with Gasteiger partial charge in [-0.2, -0.15) is 0 Å². The number of ether oxygens (including phenoxy) is 3. The molecule has 4 heteroatoms. The summed E-state index contributed by atoms with van der Waals surface area (Å²) in [6.45, 7) is 3.66. The summed E-state index contributed by atoms with van der Waals surface area (Å²) in [7, 11) is 5.04. The maximum atomic E-state index is 5.37. The standard InChI is InChI=1S/C20H27NO3/c1-15(11-16-9-10-19(23-3)20(12-16)24-4)21-13-17-7-5-6-8-18(17)14-22-2/h5-10,12,15,21H,11,13-14H2,1-4H3. The van der Waals surface area contributed by atoms with E-state index in [0.29, 0.717) is 12.6 Å². The highest BCUT2D eigenvalue weighted by Gasteiger charge is 2.09. The Labute approximate surface area is 144 Å². The van der Waals surface area contributed by atoms with Crippen molar-refractivity contribution in [2.45, 2.75) is 32.5 Å². The van der Waals surface area contributed by atoms with Crippen molar-refractivity contribution in [1.29, 1.82) is 0 Å². The van der Waals surface area contributed by atoms with Crippen LogP contribution in [0.3, 0.4) is 0 Å². The molecule has 1 N–H and O–H groups in total. The number of hydrogen-bond donors (Lipinski definition) is 1. The Morgan fingerprint density at radius 2 is 1.62 bits per heavy atom. The van der Waals surface area contributed by atoms with Gasteiger partial charge in [-0.05, 0) is 42.2 Å². The summed E-state index contributed by atoms with van der Waals surface area (Å²) in [6, 6.07) is 14.8. The largest absolute Gasteiger partial charge is 0.493 e. The fraction of sp³-hybridized carbons (Fsp3) is 0.400. The molecule has 4 nitrogen and oxygen atoms in total. The molecule has 1 unspecified atom stereocenters. The van der Waals surface area contributed by atoms with Crippen LogP contribution in [-0.2, 0) is 24.3 Å². The zero-order valence-corrected chi connectivity index (χ0v) is 15.0. The fourth-order valence-electron chi connectivity index (χ4n) is 2.74. The SMILES string of the molecule is COCc1ccccc1CNC(C)Cc1ccc(OC)c(OC)c1. The molecule has 130 valence electrons. The van der Waals surface area contributed by atoms with Gasteiger partial charge in [-0.25, -0.2) is 0 Å². The van der Waals surface area contributed by atoms with Gasteiger partial charge in [-0.3, -0.25) is 0 Å². The highest BCUT2D eigenvalue weighted by molar-refractivity contribution is 5.43. The lowest BCUT2D eigenvalue weighted by Gasteiger charge is -2.17. The Morgan fingerprint density at radius 3 is 2.29 bits per heavy atom. The Bertz CT molecular complexity index is 643. The number of methoxy groups -OCH3 is 3. The van der Waals surface area contributed by atoms with Crippen molar-refractivity contribution in [3.05, 3.63) is 59.2 Å². The van der Waals surface area contributed by atoms with Gasteiger partial charge in [0.05, 0.1) is 20.8 Å². The molecule has 0 aliphatic heterocycles. The molecule has 0 aliphatic carbocycles. The van der Waals surface area contributed by atoms with Crippen LogP contribution in [-0.4, -0.2) is 27.4 Å². The van der Waals surface area contributed by atoms with Crippen LogP contribution in [0.1, 0.15) is 23.6 Å². The quantitative estimate of drug-likeness (QED) is 0.763. The minimum Gasteiger partial charge on any atom is -0.493 e. The van der Waals surface area contributed by atoms with Gasteiger partial charge >= 0.3 is 0 Å². The van der Waals surface area contributed by atoms with Crippen molar-refractivity contribution in [1.82, 2.24) is 5.32 Å². The first kappa shape index (κ1) is 18.3. The van der Waals surface area contributed by atoms with E-state index in [1.165, 1.54) is 16.7 Å². The smallest absolute Gasteiger partial charge is 0.160 e. The first-order valence-electron chi connectivity index (χ1n) is 8.18. The highest BCUT2D eigenvalue weighted by Crippen LogP contribution is 2.28. The van der Waals surface area contributed by atoms with Gasteiger partial charge in [0.1, 0.15) is 0 Å². The molecule has 0 aromatic heterocycles. The van der Waals surface area contributed by atoms with E-state index in [9.17, 15) is 0 Å².